The standard InChI is InChI=1S/C24H29F3N6O2S/c1-14(15-7-9-17(10-8-15)36(34,35)33-23(2,3)4)29-22-31-19-12-11-18(16-5-6-16)30-20(19)21(32-22)28-13-24(25,26)27/h7-12,14,16,33H,5-6,13H2,1-4H3,(H2,28,29,31,32)/t14-/m1/s1. The molecule has 0 unspecified atom stereocenters. The number of hydrogen-bond donors (Lipinski definition) is 3. The number of anilines is 2. The molecule has 2 heterocycles. The highest BCUT2D eigenvalue weighted by atomic mass is 32.2. The molecule has 8 nitrogen and oxygen atoms in total. The number of halogens is 3. The Labute approximate surface area is 208 Å². The minimum absolute atomic E-state index is 0.00391. The maximum atomic E-state index is 12.9. The lowest BCUT2D eigenvalue weighted by Crippen LogP contribution is -2.40. The van der Waals surface area contributed by atoms with Gasteiger partial charge in [-0.25, -0.2) is 23.1 Å². The van der Waals surface area contributed by atoms with Gasteiger partial charge in [0.1, 0.15) is 12.1 Å². The molecule has 1 aromatic carbocycles. The summed E-state index contributed by atoms with van der Waals surface area (Å²) in [6.45, 7) is 5.85. The minimum Gasteiger partial charge on any atom is -0.359 e. The summed E-state index contributed by atoms with van der Waals surface area (Å²) in [7, 11) is -3.68. The molecule has 194 valence electrons. The third-order valence-electron chi connectivity index (χ3n) is 5.49. The molecule has 3 aromatic rings. The fourth-order valence-electron chi connectivity index (χ4n) is 3.68. The van der Waals surface area contributed by atoms with E-state index in [1.54, 1.807) is 39.0 Å². The van der Waals surface area contributed by atoms with Crippen molar-refractivity contribution >= 4 is 32.8 Å². The smallest absolute Gasteiger partial charge is 0.359 e. The molecule has 0 saturated heterocycles. The summed E-state index contributed by atoms with van der Waals surface area (Å²) in [4.78, 5) is 13.4. The number of aromatic nitrogens is 3. The lowest BCUT2D eigenvalue weighted by Gasteiger charge is -2.21. The van der Waals surface area contributed by atoms with Gasteiger partial charge in [-0.1, -0.05) is 12.1 Å². The molecule has 0 spiro atoms. The number of nitrogens with zero attached hydrogens (tertiary/aromatic N) is 3. The topological polar surface area (TPSA) is 109 Å². The summed E-state index contributed by atoms with van der Waals surface area (Å²) in [5.74, 6) is 0.462. The van der Waals surface area contributed by atoms with Gasteiger partial charge in [0.2, 0.25) is 16.0 Å². The predicted molar refractivity (Wildman–Crippen MR) is 132 cm³/mol. The number of benzene rings is 1. The van der Waals surface area contributed by atoms with Crippen LogP contribution in [0.25, 0.3) is 11.0 Å². The molecule has 2 aromatic heterocycles. The van der Waals surface area contributed by atoms with Crippen molar-refractivity contribution in [2.45, 2.75) is 69.1 Å². The van der Waals surface area contributed by atoms with E-state index < -0.39 is 28.3 Å². The Morgan fingerprint density at radius 1 is 1.00 bits per heavy atom. The molecule has 1 aliphatic carbocycles. The molecule has 1 saturated carbocycles. The Kier molecular flexibility index (Phi) is 6.86. The van der Waals surface area contributed by atoms with Crippen LogP contribution >= 0.6 is 0 Å². The second kappa shape index (κ2) is 9.47. The Balaban J connectivity index is 1.58. The first kappa shape index (κ1) is 26.1. The van der Waals surface area contributed by atoms with Gasteiger partial charge >= 0.3 is 6.18 Å². The molecule has 1 atom stereocenters. The predicted octanol–water partition coefficient (Wildman–Crippen LogP) is 5.13. The molecule has 0 bridgehead atoms. The van der Waals surface area contributed by atoms with E-state index in [9.17, 15) is 21.6 Å². The van der Waals surface area contributed by atoms with Gasteiger partial charge in [0.25, 0.3) is 0 Å². The van der Waals surface area contributed by atoms with Gasteiger partial charge in [0.05, 0.1) is 16.5 Å². The Morgan fingerprint density at radius 2 is 1.67 bits per heavy atom. The molecule has 0 amide bonds. The third-order valence-corrected chi connectivity index (χ3v) is 7.27. The third kappa shape index (κ3) is 6.61. The van der Waals surface area contributed by atoms with Gasteiger partial charge in [0.15, 0.2) is 5.82 Å². The lowest BCUT2D eigenvalue weighted by molar-refractivity contribution is -0.115. The normalized spacial score (nSPS) is 15.6. The largest absolute Gasteiger partial charge is 0.405 e. The summed E-state index contributed by atoms with van der Waals surface area (Å²) < 4.78 is 66.4. The molecule has 12 heteroatoms. The van der Waals surface area contributed by atoms with Crippen molar-refractivity contribution < 1.29 is 21.6 Å². The van der Waals surface area contributed by atoms with Crippen LogP contribution in [-0.4, -0.2) is 41.6 Å². The Bertz CT molecular complexity index is 1350. The van der Waals surface area contributed by atoms with Gasteiger partial charge in [-0.3, -0.25) is 0 Å². The molecule has 0 aliphatic heterocycles. The SMILES string of the molecule is C[C@@H](Nc1nc(NCC(F)(F)F)c2nc(C3CC3)ccc2n1)c1ccc(S(=O)(=O)NC(C)(C)C)cc1. The maximum Gasteiger partial charge on any atom is 0.405 e. The molecular weight excluding hydrogens is 493 g/mol. The summed E-state index contributed by atoms with van der Waals surface area (Å²) in [5, 5.41) is 5.46. The first-order chi connectivity index (χ1) is 16.7. The molecule has 0 radical (unpaired) electrons. The van der Waals surface area contributed by atoms with Crippen LogP contribution in [0, 0.1) is 0 Å². The molecule has 36 heavy (non-hydrogen) atoms. The fraction of sp³-hybridized carbons (Fsp3) is 0.458. The minimum atomic E-state index is -4.42. The van der Waals surface area contributed by atoms with Crippen molar-refractivity contribution in [1.29, 1.82) is 0 Å². The van der Waals surface area contributed by atoms with Gasteiger partial charge in [-0.05, 0) is 70.4 Å². The van der Waals surface area contributed by atoms with Gasteiger partial charge in [0, 0.05) is 17.2 Å². The highest BCUT2D eigenvalue weighted by Crippen LogP contribution is 2.40. The van der Waals surface area contributed by atoms with Crippen molar-refractivity contribution in [3.05, 3.63) is 47.7 Å². The Morgan fingerprint density at radius 3 is 2.25 bits per heavy atom. The zero-order valence-electron chi connectivity index (χ0n) is 20.4. The molecule has 3 N–H and O–H groups in total. The highest BCUT2D eigenvalue weighted by Gasteiger charge is 2.29. The molecule has 1 fully saturated rings. The van der Waals surface area contributed by atoms with Crippen LogP contribution in [-0.2, 0) is 10.0 Å². The molecule has 4 rings (SSSR count). The first-order valence-electron chi connectivity index (χ1n) is 11.6. The van der Waals surface area contributed by atoms with E-state index in [2.05, 4.69) is 30.3 Å². The van der Waals surface area contributed by atoms with E-state index in [1.807, 2.05) is 13.0 Å². The van der Waals surface area contributed by atoms with Crippen LogP contribution in [0.2, 0.25) is 0 Å². The van der Waals surface area contributed by atoms with Crippen molar-refractivity contribution in [2.24, 2.45) is 0 Å². The number of fused-ring (bicyclic) bond motifs is 1. The monoisotopic (exact) mass is 522 g/mol. The number of alkyl halides is 3. The lowest BCUT2D eigenvalue weighted by atomic mass is 10.1. The second-order valence-electron chi connectivity index (χ2n) is 10.0. The van der Waals surface area contributed by atoms with E-state index >= 15 is 0 Å². The van der Waals surface area contributed by atoms with Gasteiger partial charge in [-0.15, -0.1) is 0 Å². The average molecular weight is 523 g/mol. The summed E-state index contributed by atoms with van der Waals surface area (Å²) in [6, 6.07) is 9.58. The average Bonchev–Trinajstić information content (AvgIpc) is 3.60. The summed E-state index contributed by atoms with van der Waals surface area (Å²) >= 11 is 0. The van der Waals surface area contributed by atoms with Crippen molar-refractivity contribution in [1.82, 2.24) is 19.7 Å². The van der Waals surface area contributed by atoms with Crippen LogP contribution in [0.4, 0.5) is 24.9 Å². The zero-order chi connectivity index (χ0) is 26.3. The number of sulfonamides is 1. The van der Waals surface area contributed by atoms with Crippen molar-refractivity contribution in [2.75, 3.05) is 17.2 Å². The van der Waals surface area contributed by atoms with Crippen LogP contribution in [0.3, 0.4) is 0 Å². The number of nitrogens with one attached hydrogen (secondary N) is 3. The summed E-state index contributed by atoms with van der Waals surface area (Å²) in [6.07, 6.45) is -2.40. The van der Waals surface area contributed by atoms with E-state index in [1.165, 1.54) is 12.1 Å². The first-order valence-corrected chi connectivity index (χ1v) is 13.1. The number of rotatable bonds is 8. The second-order valence-corrected chi connectivity index (χ2v) is 11.7. The van der Waals surface area contributed by atoms with E-state index in [0.29, 0.717) is 17.0 Å². The van der Waals surface area contributed by atoms with E-state index in [-0.39, 0.29) is 22.7 Å². The van der Waals surface area contributed by atoms with E-state index in [0.717, 1.165) is 24.1 Å². The van der Waals surface area contributed by atoms with Crippen LogP contribution < -0.4 is 15.4 Å². The van der Waals surface area contributed by atoms with Crippen LogP contribution in [0.15, 0.2) is 41.3 Å². The van der Waals surface area contributed by atoms with Crippen LogP contribution in [0.1, 0.15) is 63.8 Å². The van der Waals surface area contributed by atoms with Crippen molar-refractivity contribution in [3.8, 4) is 0 Å². The number of pyridine rings is 1. The maximum absolute atomic E-state index is 12.9. The summed E-state index contributed by atoms with van der Waals surface area (Å²) in [5.41, 5.74) is 1.67. The van der Waals surface area contributed by atoms with Crippen LogP contribution in [0.5, 0.6) is 0 Å². The highest BCUT2D eigenvalue weighted by molar-refractivity contribution is 7.89. The number of hydrogen-bond acceptors (Lipinski definition) is 7. The molecular formula is C24H29F3N6O2S. The van der Waals surface area contributed by atoms with Gasteiger partial charge in [-0.2, -0.15) is 18.2 Å². The van der Waals surface area contributed by atoms with E-state index in [4.69, 9.17) is 0 Å². The Hall–Kier alpha value is -2.99. The quantitative estimate of drug-likeness (QED) is 0.376. The zero-order valence-corrected chi connectivity index (χ0v) is 21.3. The molecule has 1 aliphatic rings. The van der Waals surface area contributed by atoms with Gasteiger partial charge < -0.3 is 10.6 Å². The van der Waals surface area contributed by atoms with Crippen molar-refractivity contribution in [3.63, 3.8) is 0 Å². The fourth-order valence-corrected chi connectivity index (χ4v) is 5.10.